The van der Waals surface area contributed by atoms with Crippen molar-refractivity contribution in [2.45, 2.75) is 13.3 Å². The number of fused-ring (bicyclic) bond motifs is 1. The highest BCUT2D eigenvalue weighted by Crippen LogP contribution is 2.31. The lowest BCUT2D eigenvalue weighted by atomic mass is 10.1. The van der Waals surface area contributed by atoms with E-state index >= 15 is 0 Å². The maximum absolute atomic E-state index is 14.7. The van der Waals surface area contributed by atoms with Crippen molar-refractivity contribution in [1.82, 2.24) is 9.97 Å². The minimum Gasteiger partial charge on any atom is -0.355 e. The summed E-state index contributed by atoms with van der Waals surface area (Å²) in [4.78, 5) is 20.2. The van der Waals surface area contributed by atoms with Crippen LogP contribution in [-0.4, -0.2) is 22.4 Å². The van der Waals surface area contributed by atoms with Gasteiger partial charge in [0, 0.05) is 33.9 Å². The topological polar surface area (TPSA) is 92.9 Å². The molecule has 6 nitrogen and oxygen atoms in total. The molecule has 0 aliphatic heterocycles. The van der Waals surface area contributed by atoms with E-state index in [9.17, 15) is 9.18 Å². The van der Waals surface area contributed by atoms with Crippen molar-refractivity contribution in [2.75, 3.05) is 17.2 Å². The Hall–Kier alpha value is -3.55. The van der Waals surface area contributed by atoms with Crippen molar-refractivity contribution in [3.05, 3.63) is 83.9 Å². The summed E-state index contributed by atoms with van der Waals surface area (Å²) in [6.07, 6.45) is 4.97. The molecule has 1 amide bonds. The zero-order chi connectivity index (χ0) is 23.1. The molecule has 0 spiro atoms. The Bertz CT molecular complexity index is 1220. The molecule has 0 aliphatic carbocycles. The van der Waals surface area contributed by atoms with Gasteiger partial charge in [-0.25, -0.2) is 14.4 Å². The lowest BCUT2D eigenvalue weighted by molar-refractivity contribution is -0.114. The SMILES string of the molecule is C=C(C(F)=CC=C(Cl)CC)c1cc(Nc2ccnc(NC(=O)CN)c2)c2ccccc2n1. The second-order valence-corrected chi connectivity index (χ2v) is 7.32. The maximum atomic E-state index is 14.7. The number of hydrogen-bond acceptors (Lipinski definition) is 5. The van der Waals surface area contributed by atoms with E-state index in [4.69, 9.17) is 17.3 Å². The number of benzene rings is 1. The number of halogens is 2. The second-order valence-electron chi connectivity index (χ2n) is 6.84. The highest BCUT2D eigenvalue weighted by Gasteiger charge is 2.12. The monoisotopic (exact) mass is 451 g/mol. The molecule has 0 bridgehead atoms. The van der Waals surface area contributed by atoms with E-state index in [2.05, 4.69) is 27.2 Å². The van der Waals surface area contributed by atoms with Crippen molar-refractivity contribution in [1.29, 1.82) is 0 Å². The van der Waals surface area contributed by atoms with E-state index in [1.807, 2.05) is 31.2 Å². The Labute approximate surface area is 190 Å². The Morgan fingerprint density at radius 3 is 2.78 bits per heavy atom. The first-order chi connectivity index (χ1) is 15.4. The Morgan fingerprint density at radius 1 is 1.25 bits per heavy atom. The summed E-state index contributed by atoms with van der Waals surface area (Å²) in [5.74, 6) is -0.509. The molecule has 0 atom stereocenters. The number of carbonyl (C=O) groups excluding carboxylic acids is 1. The molecule has 4 N–H and O–H groups in total. The number of aromatic nitrogens is 2. The molecule has 0 saturated carbocycles. The van der Waals surface area contributed by atoms with Gasteiger partial charge in [0.15, 0.2) is 0 Å². The zero-order valence-electron chi connectivity index (χ0n) is 17.5. The minimum atomic E-state index is -0.527. The van der Waals surface area contributed by atoms with Gasteiger partial charge in [-0.2, -0.15) is 0 Å². The molecule has 3 rings (SSSR count). The van der Waals surface area contributed by atoms with Gasteiger partial charge in [0.05, 0.1) is 23.4 Å². The van der Waals surface area contributed by atoms with Crippen LogP contribution in [0, 0.1) is 0 Å². The van der Waals surface area contributed by atoms with Gasteiger partial charge in [0.2, 0.25) is 5.91 Å². The van der Waals surface area contributed by atoms with Crippen LogP contribution in [0.2, 0.25) is 0 Å². The molecule has 2 aromatic heterocycles. The molecule has 0 radical (unpaired) electrons. The number of anilines is 3. The number of nitrogens with two attached hydrogens (primary N) is 1. The van der Waals surface area contributed by atoms with Crippen molar-refractivity contribution in [3.63, 3.8) is 0 Å². The number of nitrogens with one attached hydrogen (secondary N) is 2. The third-order valence-electron chi connectivity index (χ3n) is 4.55. The minimum absolute atomic E-state index is 0.140. The van der Waals surface area contributed by atoms with E-state index in [1.165, 1.54) is 12.2 Å². The molecule has 0 saturated heterocycles. The third kappa shape index (κ3) is 5.78. The predicted molar refractivity (Wildman–Crippen MR) is 129 cm³/mol. The fourth-order valence-electron chi connectivity index (χ4n) is 2.86. The van der Waals surface area contributed by atoms with Gasteiger partial charge in [0.25, 0.3) is 0 Å². The van der Waals surface area contributed by atoms with Crippen molar-refractivity contribution in [2.24, 2.45) is 5.73 Å². The summed E-state index contributed by atoms with van der Waals surface area (Å²) >= 11 is 5.96. The molecule has 0 unspecified atom stereocenters. The number of hydrogen-bond donors (Lipinski definition) is 3. The van der Waals surface area contributed by atoms with Gasteiger partial charge < -0.3 is 16.4 Å². The number of rotatable bonds is 8. The smallest absolute Gasteiger partial charge is 0.239 e. The van der Waals surface area contributed by atoms with Crippen molar-refractivity contribution >= 4 is 51.2 Å². The average Bonchev–Trinajstić information content (AvgIpc) is 2.81. The molecule has 3 aromatic rings. The van der Waals surface area contributed by atoms with Crippen LogP contribution in [0.5, 0.6) is 0 Å². The summed E-state index contributed by atoms with van der Waals surface area (Å²) in [6, 6.07) is 12.6. The largest absolute Gasteiger partial charge is 0.355 e. The van der Waals surface area contributed by atoms with Gasteiger partial charge in [-0.3, -0.25) is 4.79 Å². The fraction of sp³-hybridized carbons (Fsp3) is 0.125. The number of pyridine rings is 2. The van der Waals surface area contributed by atoms with Gasteiger partial charge in [-0.05, 0) is 36.8 Å². The van der Waals surface area contributed by atoms with Crippen molar-refractivity contribution < 1.29 is 9.18 Å². The molecule has 0 aliphatic rings. The second kappa shape index (κ2) is 10.7. The van der Waals surface area contributed by atoms with Crippen LogP contribution in [0.15, 0.2) is 78.3 Å². The number of nitrogens with zero attached hydrogens (tertiary/aromatic N) is 2. The van der Waals surface area contributed by atoms with Crippen LogP contribution in [0.1, 0.15) is 19.0 Å². The summed E-state index contributed by atoms with van der Waals surface area (Å²) < 4.78 is 14.7. The van der Waals surface area contributed by atoms with E-state index in [1.54, 1.807) is 24.4 Å². The molecule has 32 heavy (non-hydrogen) atoms. The Balaban J connectivity index is 1.98. The molecule has 2 heterocycles. The molecular weight excluding hydrogens is 429 g/mol. The first kappa shape index (κ1) is 23.1. The quantitative estimate of drug-likeness (QED) is 0.384. The first-order valence-corrected chi connectivity index (χ1v) is 10.3. The summed E-state index contributed by atoms with van der Waals surface area (Å²) in [7, 11) is 0. The first-order valence-electron chi connectivity index (χ1n) is 9.95. The molecule has 1 aromatic carbocycles. The Morgan fingerprint density at radius 2 is 2.03 bits per heavy atom. The predicted octanol–water partition coefficient (Wildman–Crippen LogP) is 5.67. The van der Waals surface area contributed by atoms with Crippen LogP contribution in [0.25, 0.3) is 16.5 Å². The molecule has 164 valence electrons. The van der Waals surface area contributed by atoms with E-state index in [-0.39, 0.29) is 18.0 Å². The van der Waals surface area contributed by atoms with E-state index < -0.39 is 5.83 Å². The van der Waals surface area contributed by atoms with Gasteiger partial charge in [0.1, 0.15) is 11.6 Å². The maximum Gasteiger partial charge on any atom is 0.239 e. The lowest BCUT2D eigenvalue weighted by Crippen LogP contribution is -2.22. The van der Waals surface area contributed by atoms with Crippen molar-refractivity contribution in [3.8, 4) is 0 Å². The summed E-state index contributed by atoms with van der Waals surface area (Å²) in [5, 5.41) is 7.28. The normalized spacial score (nSPS) is 12.0. The third-order valence-corrected chi connectivity index (χ3v) is 4.95. The number of para-hydroxylation sites is 1. The van der Waals surface area contributed by atoms with Gasteiger partial charge in [-0.1, -0.05) is 43.3 Å². The summed E-state index contributed by atoms with van der Waals surface area (Å²) in [5.41, 5.74) is 7.91. The molecule has 0 fully saturated rings. The van der Waals surface area contributed by atoms with Gasteiger partial charge in [-0.15, -0.1) is 0 Å². The summed E-state index contributed by atoms with van der Waals surface area (Å²) in [6.45, 7) is 5.61. The van der Waals surface area contributed by atoms with Gasteiger partial charge >= 0.3 is 0 Å². The van der Waals surface area contributed by atoms with Crippen LogP contribution < -0.4 is 16.4 Å². The van der Waals surface area contributed by atoms with Crippen LogP contribution in [-0.2, 0) is 4.79 Å². The molecule has 8 heteroatoms. The lowest BCUT2D eigenvalue weighted by Gasteiger charge is -2.13. The van der Waals surface area contributed by atoms with Crippen LogP contribution >= 0.6 is 11.6 Å². The van der Waals surface area contributed by atoms with E-state index in [0.717, 1.165) is 5.39 Å². The number of carbonyl (C=O) groups is 1. The highest BCUT2D eigenvalue weighted by atomic mass is 35.5. The standard InChI is InChI=1S/C24H23ClFN5O/c1-3-16(25)8-9-19(26)15(2)21-13-22(18-6-4-5-7-20(18)30-21)29-17-10-11-28-23(12-17)31-24(32)14-27/h4-13H,2-3,14,27H2,1H3,(H2,28,29,30,31,32). The zero-order valence-corrected chi connectivity index (χ0v) is 18.3. The van der Waals surface area contributed by atoms with Crippen LogP contribution in [0.4, 0.5) is 21.6 Å². The van der Waals surface area contributed by atoms with E-state index in [0.29, 0.717) is 39.9 Å². The number of amides is 1. The average molecular weight is 452 g/mol. The molecular formula is C24H23ClFN5O. The highest BCUT2D eigenvalue weighted by molar-refractivity contribution is 6.29. The van der Waals surface area contributed by atoms with Crippen LogP contribution in [0.3, 0.4) is 0 Å². The fourth-order valence-corrected chi connectivity index (χ4v) is 2.93. The number of allylic oxidation sites excluding steroid dienone is 5. The Kier molecular flexibility index (Phi) is 7.70.